The Bertz CT molecular complexity index is 1950. The normalized spacial score (nSPS) is 14.3. The van der Waals surface area contributed by atoms with E-state index in [0.717, 1.165) is 56.0 Å². The van der Waals surface area contributed by atoms with Crippen LogP contribution in [0, 0.1) is 0 Å². The molecule has 3 aromatic heterocycles. The van der Waals surface area contributed by atoms with Crippen LogP contribution in [0.5, 0.6) is 0 Å². The lowest BCUT2D eigenvalue weighted by Crippen LogP contribution is -2.06. The van der Waals surface area contributed by atoms with E-state index < -0.39 is 0 Å². The van der Waals surface area contributed by atoms with Crippen molar-refractivity contribution in [3.05, 3.63) is 113 Å². The van der Waals surface area contributed by atoms with Crippen LogP contribution in [0.2, 0.25) is 0 Å². The number of aromatic amines is 2. The van der Waals surface area contributed by atoms with Gasteiger partial charge in [-0.1, -0.05) is 24.3 Å². The summed E-state index contributed by atoms with van der Waals surface area (Å²) in [6.07, 6.45) is 12.0. The zero-order chi connectivity index (χ0) is 25.6. The first kappa shape index (κ1) is 21.9. The molecule has 2 aliphatic heterocycles. The Morgan fingerprint density at radius 1 is 0.553 bits per heavy atom. The lowest BCUT2D eigenvalue weighted by Gasteiger charge is -2.09. The Balaban J connectivity index is 1.44. The summed E-state index contributed by atoms with van der Waals surface area (Å²) < 4.78 is 0. The quantitative estimate of drug-likeness (QED) is 0.273. The zero-order valence-corrected chi connectivity index (χ0v) is 20.1. The Kier molecular flexibility index (Phi) is 4.97. The van der Waals surface area contributed by atoms with E-state index in [4.69, 9.17) is 9.97 Å². The highest BCUT2D eigenvalue weighted by Crippen LogP contribution is 2.31. The van der Waals surface area contributed by atoms with Gasteiger partial charge in [0.1, 0.15) is 0 Å². The van der Waals surface area contributed by atoms with Crippen LogP contribution < -0.4 is 0 Å². The Hall–Kier alpha value is -5.36. The largest absolute Gasteiger partial charge is 0.355 e. The summed E-state index contributed by atoms with van der Waals surface area (Å²) in [6, 6.07) is 21.8. The first-order chi connectivity index (χ1) is 18.6. The Labute approximate surface area is 217 Å². The molecule has 6 nitrogen and oxygen atoms in total. The van der Waals surface area contributed by atoms with E-state index in [-0.39, 0.29) is 11.6 Å². The molecule has 7 rings (SSSR count). The van der Waals surface area contributed by atoms with Gasteiger partial charge in [0.2, 0.25) is 0 Å². The van der Waals surface area contributed by atoms with Crippen molar-refractivity contribution >= 4 is 63.5 Å². The highest BCUT2D eigenvalue weighted by atomic mass is 16.1. The van der Waals surface area contributed by atoms with Crippen molar-refractivity contribution in [1.82, 2.24) is 19.9 Å². The molecule has 0 unspecified atom stereocenters. The van der Waals surface area contributed by atoms with Crippen molar-refractivity contribution < 1.29 is 9.59 Å². The van der Waals surface area contributed by atoms with Crippen LogP contribution in [0.25, 0.3) is 63.1 Å². The fourth-order valence-corrected chi connectivity index (χ4v) is 4.86. The van der Waals surface area contributed by atoms with Crippen LogP contribution in [0.15, 0.2) is 85.0 Å². The van der Waals surface area contributed by atoms with E-state index in [1.54, 1.807) is 0 Å². The third-order valence-corrected chi connectivity index (χ3v) is 6.66. The molecule has 5 heterocycles. The number of aromatic nitrogens is 4. The molecule has 8 bridgehead atoms. The molecular weight excluding hydrogens is 472 g/mol. The Morgan fingerprint density at radius 3 is 1.89 bits per heavy atom. The number of rotatable bonds is 2. The van der Waals surface area contributed by atoms with Gasteiger partial charge in [0.25, 0.3) is 0 Å². The smallest absolute Gasteiger partial charge is 0.186 e. The maximum absolute atomic E-state index is 12.3. The van der Waals surface area contributed by atoms with E-state index in [2.05, 4.69) is 9.97 Å². The molecule has 2 N–H and O–H groups in total. The minimum Gasteiger partial charge on any atom is -0.355 e. The van der Waals surface area contributed by atoms with Crippen LogP contribution in [0.1, 0.15) is 28.3 Å². The van der Waals surface area contributed by atoms with E-state index in [9.17, 15) is 9.59 Å². The summed E-state index contributed by atoms with van der Waals surface area (Å²) in [5, 5.41) is 0. The van der Waals surface area contributed by atoms with Crippen molar-refractivity contribution in [2.24, 2.45) is 0 Å². The third kappa shape index (κ3) is 4.04. The van der Waals surface area contributed by atoms with Crippen LogP contribution in [-0.4, -0.2) is 31.5 Å². The second-order valence-corrected chi connectivity index (χ2v) is 9.29. The second-order valence-electron chi connectivity index (χ2n) is 9.29. The maximum Gasteiger partial charge on any atom is 0.186 e. The minimum atomic E-state index is -0.186. The molecular formula is C32H20N4O2. The van der Waals surface area contributed by atoms with Crippen LogP contribution in [0.3, 0.4) is 0 Å². The SMILES string of the molecule is O=C1C=CC(=O)C(c2ccc(-c3c4nc(cc5ccc(cc6nc(cc7ccc3[nH]7)C=C6)[nH]5)C=C4)cc2)=C1. The van der Waals surface area contributed by atoms with E-state index in [0.29, 0.717) is 11.1 Å². The van der Waals surface area contributed by atoms with Gasteiger partial charge in [-0.2, -0.15) is 0 Å². The van der Waals surface area contributed by atoms with Crippen molar-refractivity contribution in [2.45, 2.75) is 0 Å². The fourth-order valence-electron chi connectivity index (χ4n) is 4.86. The summed E-state index contributed by atoms with van der Waals surface area (Å²) in [5.74, 6) is -0.361. The van der Waals surface area contributed by atoms with Crippen LogP contribution in [0.4, 0.5) is 0 Å². The van der Waals surface area contributed by atoms with Gasteiger partial charge in [-0.3, -0.25) is 9.59 Å². The van der Waals surface area contributed by atoms with Gasteiger partial charge in [0.15, 0.2) is 11.6 Å². The van der Waals surface area contributed by atoms with Gasteiger partial charge < -0.3 is 9.97 Å². The van der Waals surface area contributed by atoms with Crippen molar-refractivity contribution in [3.8, 4) is 11.1 Å². The van der Waals surface area contributed by atoms with E-state index >= 15 is 0 Å². The number of nitrogens with zero attached hydrogens (tertiary/aromatic N) is 2. The summed E-state index contributed by atoms with van der Waals surface area (Å²) in [7, 11) is 0. The number of benzene rings is 1. The van der Waals surface area contributed by atoms with Crippen molar-refractivity contribution in [3.63, 3.8) is 0 Å². The predicted octanol–water partition coefficient (Wildman–Crippen LogP) is 6.41. The molecule has 0 saturated carbocycles. The number of hydrogen-bond acceptors (Lipinski definition) is 4. The molecule has 1 aliphatic carbocycles. The van der Waals surface area contributed by atoms with Gasteiger partial charge in [0, 0.05) is 33.2 Å². The highest BCUT2D eigenvalue weighted by Gasteiger charge is 2.16. The highest BCUT2D eigenvalue weighted by molar-refractivity contribution is 6.33. The van der Waals surface area contributed by atoms with E-state index in [1.807, 2.05) is 91.0 Å². The molecule has 0 saturated heterocycles. The average Bonchev–Trinajstić information content (AvgIpc) is 3.72. The number of ketones is 2. The van der Waals surface area contributed by atoms with Crippen LogP contribution in [-0.2, 0) is 9.59 Å². The number of allylic oxidation sites excluding steroid dienone is 4. The molecule has 0 spiro atoms. The summed E-state index contributed by atoms with van der Waals surface area (Å²) >= 11 is 0. The number of H-pyrrole nitrogens is 2. The molecule has 3 aliphatic rings. The van der Waals surface area contributed by atoms with E-state index in [1.165, 1.54) is 18.2 Å². The molecule has 0 fully saturated rings. The van der Waals surface area contributed by atoms with Gasteiger partial charge in [-0.05, 0) is 96.1 Å². The lowest BCUT2D eigenvalue weighted by molar-refractivity contribution is -0.113. The van der Waals surface area contributed by atoms with Crippen LogP contribution >= 0.6 is 0 Å². The summed E-state index contributed by atoms with van der Waals surface area (Å²) in [6.45, 7) is 0. The third-order valence-electron chi connectivity index (χ3n) is 6.66. The Morgan fingerprint density at radius 2 is 1.16 bits per heavy atom. The van der Waals surface area contributed by atoms with Gasteiger partial charge in [0.05, 0.1) is 22.8 Å². The van der Waals surface area contributed by atoms with Crippen molar-refractivity contribution in [1.29, 1.82) is 0 Å². The molecule has 0 atom stereocenters. The molecule has 1 aromatic carbocycles. The van der Waals surface area contributed by atoms with Gasteiger partial charge in [-0.15, -0.1) is 0 Å². The number of carbonyl (C=O) groups excluding carboxylic acids is 2. The average molecular weight is 493 g/mol. The molecule has 0 radical (unpaired) electrons. The predicted molar refractivity (Wildman–Crippen MR) is 151 cm³/mol. The topological polar surface area (TPSA) is 91.5 Å². The molecule has 4 aromatic rings. The number of fused-ring (bicyclic) bond motifs is 8. The standard InChI is InChI=1S/C32H20N4O2/c37-27-11-14-31(38)28(18-27)19-1-3-20(4-2-19)32-29-12-9-25(35-29)16-23-7-5-21(33-23)15-22-6-8-24(34-22)17-26-10-13-30(32)36-26/h1-18,33,36H. The number of nitrogens with one attached hydrogen (secondary N) is 2. The maximum atomic E-state index is 12.3. The fraction of sp³-hybridized carbons (Fsp3) is 0. The number of carbonyl (C=O) groups is 2. The summed E-state index contributed by atoms with van der Waals surface area (Å²) in [4.78, 5) is 40.8. The monoisotopic (exact) mass is 492 g/mol. The molecule has 180 valence electrons. The molecule has 38 heavy (non-hydrogen) atoms. The first-order valence-corrected chi connectivity index (χ1v) is 12.2. The molecule has 0 amide bonds. The zero-order valence-electron chi connectivity index (χ0n) is 20.1. The summed E-state index contributed by atoms with van der Waals surface area (Å²) in [5.41, 5.74) is 10.1. The van der Waals surface area contributed by atoms with Crippen molar-refractivity contribution in [2.75, 3.05) is 0 Å². The minimum absolute atomic E-state index is 0.175. The number of hydrogen-bond donors (Lipinski definition) is 2. The second kappa shape index (κ2) is 8.64. The molecule has 6 heteroatoms. The van der Waals surface area contributed by atoms with Gasteiger partial charge in [-0.25, -0.2) is 9.97 Å². The van der Waals surface area contributed by atoms with Gasteiger partial charge >= 0.3 is 0 Å². The lowest BCUT2D eigenvalue weighted by atomic mass is 9.94. The first-order valence-electron chi connectivity index (χ1n) is 12.2.